The minimum Gasteiger partial charge on any atom is -0.505 e. The highest BCUT2D eigenvalue weighted by molar-refractivity contribution is 6.06. The molecule has 0 radical (unpaired) electrons. The molecule has 0 bridgehead atoms. The SMILES string of the molecule is CCOC(=O)N1CCN(C(=O)CC(=O)Nc2ccc3ccccc3c2O)CC1. The molecule has 0 aliphatic carbocycles. The fourth-order valence-corrected chi connectivity index (χ4v) is 3.15. The topological polar surface area (TPSA) is 99.2 Å². The van der Waals surface area contributed by atoms with Crippen LogP contribution < -0.4 is 5.32 Å². The number of phenols is 1. The zero-order chi connectivity index (χ0) is 20.1. The van der Waals surface area contributed by atoms with Gasteiger partial charge in [-0.3, -0.25) is 9.59 Å². The fraction of sp³-hybridized carbons (Fsp3) is 0.350. The maximum atomic E-state index is 12.4. The molecule has 0 unspecified atom stereocenters. The van der Waals surface area contributed by atoms with Crippen molar-refractivity contribution >= 4 is 34.4 Å². The number of benzene rings is 2. The maximum Gasteiger partial charge on any atom is 0.409 e. The average Bonchev–Trinajstić information content (AvgIpc) is 2.70. The first kappa shape index (κ1) is 19.5. The van der Waals surface area contributed by atoms with E-state index in [0.29, 0.717) is 38.2 Å². The summed E-state index contributed by atoms with van der Waals surface area (Å²) in [6.07, 6.45) is -0.717. The molecule has 1 aliphatic rings. The van der Waals surface area contributed by atoms with Gasteiger partial charge in [0.05, 0.1) is 12.3 Å². The predicted molar refractivity (Wildman–Crippen MR) is 104 cm³/mol. The first-order valence-electron chi connectivity index (χ1n) is 9.19. The van der Waals surface area contributed by atoms with Gasteiger partial charge in [0.15, 0.2) is 0 Å². The third-order valence-electron chi connectivity index (χ3n) is 4.64. The van der Waals surface area contributed by atoms with Crippen molar-refractivity contribution < 1.29 is 24.2 Å². The Bertz CT molecular complexity index is 891. The van der Waals surface area contributed by atoms with E-state index in [4.69, 9.17) is 4.74 Å². The summed E-state index contributed by atoms with van der Waals surface area (Å²) in [6.45, 7) is 3.50. The molecule has 2 N–H and O–H groups in total. The molecule has 0 saturated carbocycles. The number of rotatable bonds is 4. The Kier molecular flexibility index (Phi) is 5.98. The Labute approximate surface area is 162 Å². The number of carbonyl (C=O) groups excluding carboxylic acids is 3. The van der Waals surface area contributed by atoms with Crippen LogP contribution >= 0.6 is 0 Å². The van der Waals surface area contributed by atoms with Crippen LogP contribution in [0.4, 0.5) is 10.5 Å². The van der Waals surface area contributed by atoms with Crippen LogP contribution in [-0.4, -0.2) is 65.6 Å². The van der Waals surface area contributed by atoms with Crippen LogP contribution in [0.5, 0.6) is 5.75 Å². The quantitative estimate of drug-likeness (QED) is 0.621. The average molecular weight is 385 g/mol. The molecular formula is C20H23N3O5. The predicted octanol–water partition coefficient (Wildman–Crippen LogP) is 2.17. The van der Waals surface area contributed by atoms with Gasteiger partial charge in [0.2, 0.25) is 11.8 Å². The second-order valence-corrected chi connectivity index (χ2v) is 6.47. The summed E-state index contributed by atoms with van der Waals surface area (Å²) in [5, 5.41) is 14.4. The number of hydrogen-bond acceptors (Lipinski definition) is 5. The molecule has 1 heterocycles. The minimum atomic E-state index is -0.497. The lowest BCUT2D eigenvalue weighted by molar-refractivity contribution is -0.135. The van der Waals surface area contributed by atoms with Gasteiger partial charge in [-0.2, -0.15) is 0 Å². The normalized spacial score (nSPS) is 14.0. The first-order chi connectivity index (χ1) is 13.5. The van der Waals surface area contributed by atoms with Gasteiger partial charge in [0.25, 0.3) is 0 Å². The van der Waals surface area contributed by atoms with Crippen LogP contribution in [0.1, 0.15) is 13.3 Å². The number of hydrogen-bond donors (Lipinski definition) is 2. The Balaban J connectivity index is 1.55. The van der Waals surface area contributed by atoms with Crippen molar-refractivity contribution in [2.45, 2.75) is 13.3 Å². The number of piperazine rings is 1. The lowest BCUT2D eigenvalue weighted by atomic mass is 10.1. The van der Waals surface area contributed by atoms with Gasteiger partial charge in [0, 0.05) is 31.6 Å². The molecule has 0 spiro atoms. The highest BCUT2D eigenvalue weighted by Crippen LogP contribution is 2.32. The van der Waals surface area contributed by atoms with Crippen molar-refractivity contribution in [1.29, 1.82) is 0 Å². The number of phenolic OH excluding ortho intramolecular Hbond substituents is 1. The van der Waals surface area contributed by atoms with Crippen molar-refractivity contribution in [3.8, 4) is 5.75 Å². The van der Waals surface area contributed by atoms with E-state index in [9.17, 15) is 19.5 Å². The summed E-state index contributed by atoms with van der Waals surface area (Å²) in [7, 11) is 0. The molecule has 148 valence electrons. The molecule has 1 aliphatic heterocycles. The van der Waals surface area contributed by atoms with E-state index in [2.05, 4.69) is 5.32 Å². The van der Waals surface area contributed by atoms with E-state index < -0.39 is 5.91 Å². The van der Waals surface area contributed by atoms with Crippen LogP contribution in [0.15, 0.2) is 36.4 Å². The van der Waals surface area contributed by atoms with E-state index in [1.165, 1.54) is 0 Å². The summed E-state index contributed by atoms with van der Waals surface area (Å²) in [4.78, 5) is 39.4. The summed E-state index contributed by atoms with van der Waals surface area (Å²) >= 11 is 0. The van der Waals surface area contributed by atoms with Gasteiger partial charge in [-0.1, -0.05) is 30.3 Å². The molecule has 3 rings (SSSR count). The van der Waals surface area contributed by atoms with Crippen LogP contribution in [0.3, 0.4) is 0 Å². The van der Waals surface area contributed by atoms with Crippen molar-refractivity contribution in [3.05, 3.63) is 36.4 Å². The number of aromatic hydroxyl groups is 1. The number of fused-ring (bicyclic) bond motifs is 1. The van der Waals surface area contributed by atoms with E-state index in [-0.39, 0.29) is 29.9 Å². The third-order valence-corrected chi connectivity index (χ3v) is 4.64. The largest absolute Gasteiger partial charge is 0.505 e. The molecule has 3 amide bonds. The van der Waals surface area contributed by atoms with Crippen molar-refractivity contribution in [2.75, 3.05) is 38.1 Å². The van der Waals surface area contributed by atoms with Crippen LogP contribution in [0, 0.1) is 0 Å². The smallest absolute Gasteiger partial charge is 0.409 e. The van der Waals surface area contributed by atoms with Gasteiger partial charge < -0.3 is 25.0 Å². The van der Waals surface area contributed by atoms with Gasteiger partial charge in [0.1, 0.15) is 12.2 Å². The molecule has 0 atom stereocenters. The number of anilines is 1. The number of amides is 3. The van der Waals surface area contributed by atoms with Crippen LogP contribution in [0.25, 0.3) is 10.8 Å². The molecule has 0 aromatic heterocycles. The Morgan fingerprint density at radius 2 is 1.71 bits per heavy atom. The monoisotopic (exact) mass is 385 g/mol. The standard InChI is InChI=1S/C20H23N3O5/c1-2-28-20(27)23-11-9-22(10-12-23)18(25)13-17(24)21-16-8-7-14-5-3-4-6-15(14)19(16)26/h3-8,26H,2,9-13H2,1H3,(H,21,24). The zero-order valence-corrected chi connectivity index (χ0v) is 15.7. The lowest BCUT2D eigenvalue weighted by Gasteiger charge is -2.34. The number of nitrogens with one attached hydrogen (secondary N) is 1. The highest BCUT2D eigenvalue weighted by Gasteiger charge is 2.26. The second kappa shape index (κ2) is 8.60. The second-order valence-electron chi connectivity index (χ2n) is 6.47. The summed E-state index contributed by atoms with van der Waals surface area (Å²) < 4.78 is 4.95. The number of ether oxygens (including phenoxy) is 1. The van der Waals surface area contributed by atoms with Gasteiger partial charge in [-0.15, -0.1) is 0 Å². The van der Waals surface area contributed by atoms with Crippen molar-refractivity contribution in [1.82, 2.24) is 9.80 Å². The molecule has 1 saturated heterocycles. The Morgan fingerprint density at radius 1 is 1.04 bits per heavy atom. The van der Waals surface area contributed by atoms with Crippen molar-refractivity contribution in [3.63, 3.8) is 0 Å². The van der Waals surface area contributed by atoms with E-state index in [1.807, 2.05) is 12.1 Å². The van der Waals surface area contributed by atoms with Gasteiger partial charge >= 0.3 is 6.09 Å². The van der Waals surface area contributed by atoms with Crippen LogP contribution in [0.2, 0.25) is 0 Å². The summed E-state index contributed by atoms with van der Waals surface area (Å²) in [5.41, 5.74) is 0.267. The molecule has 2 aromatic rings. The first-order valence-corrected chi connectivity index (χ1v) is 9.19. The fourth-order valence-electron chi connectivity index (χ4n) is 3.15. The molecule has 2 aromatic carbocycles. The highest BCUT2D eigenvalue weighted by atomic mass is 16.6. The molecule has 1 fully saturated rings. The molecule has 28 heavy (non-hydrogen) atoms. The lowest BCUT2D eigenvalue weighted by Crippen LogP contribution is -2.51. The number of nitrogens with zero attached hydrogens (tertiary/aromatic N) is 2. The Morgan fingerprint density at radius 3 is 2.43 bits per heavy atom. The third kappa shape index (κ3) is 4.33. The minimum absolute atomic E-state index is 0.0260. The van der Waals surface area contributed by atoms with Gasteiger partial charge in [-0.25, -0.2) is 4.79 Å². The maximum absolute atomic E-state index is 12.4. The van der Waals surface area contributed by atoms with Gasteiger partial charge in [-0.05, 0) is 18.4 Å². The molecule has 8 nitrogen and oxygen atoms in total. The molecule has 8 heteroatoms. The van der Waals surface area contributed by atoms with Crippen molar-refractivity contribution in [2.24, 2.45) is 0 Å². The van der Waals surface area contributed by atoms with E-state index >= 15 is 0 Å². The number of carbonyl (C=O) groups is 3. The molecular weight excluding hydrogens is 362 g/mol. The zero-order valence-electron chi connectivity index (χ0n) is 15.7. The van der Waals surface area contributed by atoms with E-state index in [0.717, 1.165) is 5.39 Å². The Hall–Kier alpha value is -3.29. The van der Waals surface area contributed by atoms with Crippen LogP contribution in [-0.2, 0) is 14.3 Å². The van der Waals surface area contributed by atoms with E-state index in [1.54, 1.807) is 41.0 Å². The summed E-state index contributed by atoms with van der Waals surface area (Å²) in [6, 6.07) is 10.7. The summed E-state index contributed by atoms with van der Waals surface area (Å²) in [5.74, 6) is -0.841.